The van der Waals surface area contributed by atoms with Crippen LogP contribution in [0, 0.1) is 0 Å². The monoisotopic (exact) mass is 237 g/mol. The highest BCUT2D eigenvalue weighted by molar-refractivity contribution is 5.89. The summed E-state index contributed by atoms with van der Waals surface area (Å²) in [6.07, 6.45) is 2.71. The molecule has 0 amide bonds. The van der Waals surface area contributed by atoms with Crippen LogP contribution in [-0.2, 0) is 9.47 Å². The van der Waals surface area contributed by atoms with Gasteiger partial charge in [0.05, 0.1) is 30.8 Å². The van der Waals surface area contributed by atoms with E-state index in [1.807, 2.05) is 0 Å². The minimum atomic E-state index is -0.479. The van der Waals surface area contributed by atoms with Crippen molar-refractivity contribution < 1.29 is 14.3 Å². The molecule has 3 N–H and O–H groups in total. The topological polar surface area (TPSA) is 86.5 Å². The molecule has 92 valence electrons. The van der Waals surface area contributed by atoms with Crippen LogP contribution in [0.4, 0.5) is 11.4 Å². The summed E-state index contributed by atoms with van der Waals surface area (Å²) in [5.41, 5.74) is 7.17. The molecular weight excluding hydrogens is 222 g/mol. The molecule has 1 fully saturated rings. The molecule has 0 radical (unpaired) electrons. The molecule has 17 heavy (non-hydrogen) atoms. The number of nitrogen functional groups attached to an aromatic ring is 1. The van der Waals surface area contributed by atoms with E-state index in [0.717, 1.165) is 13.0 Å². The number of carbonyl (C=O) groups excluding carboxylic acids is 1. The van der Waals surface area contributed by atoms with Crippen LogP contribution in [-0.4, -0.2) is 37.3 Å². The van der Waals surface area contributed by atoms with Crippen molar-refractivity contribution in [2.75, 3.05) is 31.3 Å². The Labute approximate surface area is 99.1 Å². The quantitative estimate of drug-likeness (QED) is 0.748. The van der Waals surface area contributed by atoms with E-state index < -0.39 is 5.97 Å². The fourth-order valence-corrected chi connectivity index (χ4v) is 1.50. The first-order valence-electron chi connectivity index (χ1n) is 5.40. The molecule has 6 nitrogen and oxygen atoms in total. The molecule has 0 unspecified atom stereocenters. The molecule has 6 heteroatoms. The molecule has 1 atom stereocenters. The number of hydrogen-bond donors (Lipinski definition) is 2. The molecule has 1 aliphatic heterocycles. The van der Waals surface area contributed by atoms with Crippen LogP contribution in [0.25, 0.3) is 0 Å². The number of carbonyl (C=O) groups is 1. The summed E-state index contributed by atoms with van der Waals surface area (Å²) in [7, 11) is 1.32. The van der Waals surface area contributed by atoms with Gasteiger partial charge in [-0.25, -0.2) is 9.78 Å². The van der Waals surface area contributed by atoms with Crippen LogP contribution in [0.2, 0.25) is 0 Å². The minimum absolute atomic E-state index is 0.226. The molecule has 1 saturated heterocycles. The maximum absolute atomic E-state index is 11.3. The van der Waals surface area contributed by atoms with Gasteiger partial charge >= 0.3 is 5.97 Å². The first-order chi connectivity index (χ1) is 8.20. The van der Waals surface area contributed by atoms with E-state index in [1.54, 1.807) is 6.07 Å². The van der Waals surface area contributed by atoms with E-state index in [2.05, 4.69) is 15.0 Å². The van der Waals surface area contributed by atoms with Gasteiger partial charge in [-0.2, -0.15) is 0 Å². The first-order valence-corrected chi connectivity index (χ1v) is 5.40. The van der Waals surface area contributed by atoms with Crippen molar-refractivity contribution in [3.63, 3.8) is 0 Å². The van der Waals surface area contributed by atoms with Gasteiger partial charge in [0.1, 0.15) is 0 Å². The molecular formula is C11H15N3O3. The molecule has 0 aromatic carbocycles. The second-order valence-corrected chi connectivity index (χ2v) is 3.81. The summed E-state index contributed by atoms with van der Waals surface area (Å²) in [5.74, 6) is -0.479. The average Bonchev–Trinajstić information content (AvgIpc) is 2.28. The van der Waals surface area contributed by atoms with Crippen molar-refractivity contribution in [1.82, 2.24) is 4.98 Å². The second kappa shape index (κ2) is 5.01. The lowest BCUT2D eigenvalue weighted by Crippen LogP contribution is -2.33. The van der Waals surface area contributed by atoms with Gasteiger partial charge < -0.3 is 20.5 Å². The predicted molar refractivity (Wildman–Crippen MR) is 62.8 cm³/mol. The third-order valence-electron chi connectivity index (χ3n) is 2.64. The Bertz CT molecular complexity index is 418. The number of ether oxygens (including phenoxy) is 2. The Morgan fingerprint density at radius 3 is 3.12 bits per heavy atom. The number of pyridine rings is 1. The number of rotatable bonds is 4. The second-order valence-electron chi connectivity index (χ2n) is 3.81. The summed E-state index contributed by atoms with van der Waals surface area (Å²) in [4.78, 5) is 15.2. The maximum Gasteiger partial charge on any atom is 0.356 e. The van der Waals surface area contributed by atoms with Gasteiger partial charge in [0.25, 0.3) is 0 Å². The highest BCUT2D eigenvalue weighted by Gasteiger charge is 2.18. The Morgan fingerprint density at radius 2 is 2.53 bits per heavy atom. The number of nitrogens with zero attached hydrogens (tertiary/aromatic N) is 1. The number of nitrogens with two attached hydrogens (primary N) is 1. The minimum Gasteiger partial charge on any atom is -0.464 e. The van der Waals surface area contributed by atoms with Gasteiger partial charge in [-0.05, 0) is 12.5 Å². The lowest BCUT2D eigenvalue weighted by Gasteiger charge is -2.27. The van der Waals surface area contributed by atoms with Gasteiger partial charge in [0.15, 0.2) is 5.69 Å². The highest BCUT2D eigenvalue weighted by atomic mass is 16.5. The number of nitrogens with one attached hydrogen (secondary N) is 1. The molecule has 0 spiro atoms. The van der Waals surface area contributed by atoms with Gasteiger partial charge in [-0.15, -0.1) is 0 Å². The Balaban J connectivity index is 2.05. The third-order valence-corrected chi connectivity index (χ3v) is 2.64. The van der Waals surface area contributed by atoms with E-state index in [9.17, 15) is 4.79 Å². The summed E-state index contributed by atoms with van der Waals surface area (Å²) >= 11 is 0. The Kier molecular flexibility index (Phi) is 3.43. The van der Waals surface area contributed by atoms with E-state index in [4.69, 9.17) is 10.5 Å². The Morgan fingerprint density at radius 1 is 1.76 bits per heavy atom. The number of esters is 1. The van der Waals surface area contributed by atoms with Crippen molar-refractivity contribution >= 4 is 17.3 Å². The summed E-state index contributed by atoms with van der Waals surface area (Å²) in [6, 6.07) is 1.58. The van der Waals surface area contributed by atoms with E-state index in [0.29, 0.717) is 17.9 Å². The SMILES string of the molecule is COC(=O)c1cc(NC[C@@H]2CCO2)c(N)cn1. The highest BCUT2D eigenvalue weighted by Crippen LogP contribution is 2.20. The average molecular weight is 237 g/mol. The number of methoxy groups -OCH3 is 1. The summed E-state index contributed by atoms with van der Waals surface area (Å²) in [6.45, 7) is 1.49. The van der Waals surface area contributed by atoms with Gasteiger partial charge in [0, 0.05) is 13.2 Å². The van der Waals surface area contributed by atoms with E-state index in [1.165, 1.54) is 13.3 Å². The van der Waals surface area contributed by atoms with Crippen molar-refractivity contribution in [3.05, 3.63) is 18.0 Å². The molecule has 2 rings (SSSR count). The van der Waals surface area contributed by atoms with Crippen molar-refractivity contribution in [1.29, 1.82) is 0 Å². The zero-order valence-corrected chi connectivity index (χ0v) is 9.60. The molecule has 0 bridgehead atoms. The first kappa shape index (κ1) is 11.7. The fourth-order valence-electron chi connectivity index (χ4n) is 1.50. The largest absolute Gasteiger partial charge is 0.464 e. The Hall–Kier alpha value is -1.82. The van der Waals surface area contributed by atoms with Crippen LogP contribution >= 0.6 is 0 Å². The molecule has 1 aromatic heterocycles. The predicted octanol–water partition coefficient (Wildman–Crippen LogP) is 0.651. The zero-order valence-electron chi connectivity index (χ0n) is 9.60. The zero-order chi connectivity index (χ0) is 12.3. The van der Waals surface area contributed by atoms with Crippen molar-refractivity contribution in [3.8, 4) is 0 Å². The molecule has 0 saturated carbocycles. The molecule has 2 heterocycles. The molecule has 1 aliphatic rings. The standard InChI is InChI=1S/C11H15N3O3/c1-16-11(15)10-4-9(8(12)6-14-10)13-5-7-2-3-17-7/h4,6-7H,2-3,5,12H2,1H3,(H,13,14)/t7-/m0/s1. The lowest BCUT2D eigenvalue weighted by atomic mass is 10.2. The molecule has 1 aromatic rings. The lowest BCUT2D eigenvalue weighted by molar-refractivity contribution is -0.0410. The van der Waals surface area contributed by atoms with Gasteiger partial charge in [0.2, 0.25) is 0 Å². The number of anilines is 2. The molecule has 0 aliphatic carbocycles. The van der Waals surface area contributed by atoms with E-state index in [-0.39, 0.29) is 11.8 Å². The maximum atomic E-state index is 11.3. The number of aromatic nitrogens is 1. The summed E-state index contributed by atoms with van der Waals surface area (Å²) in [5, 5.41) is 3.14. The van der Waals surface area contributed by atoms with Crippen LogP contribution < -0.4 is 11.1 Å². The van der Waals surface area contributed by atoms with Gasteiger partial charge in [-0.3, -0.25) is 0 Å². The summed E-state index contributed by atoms with van der Waals surface area (Å²) < 4.78 is 9.87. The van der Waals surface area contributed by atoms with Crippen LogP contribution in [0.1, 0.15) is 16.9 Å². The van der Waals surface area contributed by atoms with Crippen molar-refractivity contribution in [2.45, 2.75) is 12.5 Å². The number of hydrogen-bond acceptors (Lipinski definition) is 6. The van der Waals surface area contributed by atoms with Crippen LogP contribution in [0.3, 0.4) is 0 Å². The smallest absolute Gasteiger partial charge is 0.356 e. The van der Waals surface area contributed by atoms with E-state index >= 15 is 0 Å². The third kappa shape index (κ3) is 2.65. The van der Waals surface area contributed by atoms with Gasteiger partial charge in [-0.1, -0.05) is 0 Å². The fraction of sp³-hybridized carbons (Fsp3) is 0.455. The van der Waals surface area contributed by atoms with Crippen LogP contribution in [0.5, 0.6) is 0 Å². The normalized spacial score (nSPS) is 18.3. The van der Waals surface area contributed by atoms with Crippen LogP contribution in [0.15, 0.2) is 12.3 Å². The van der Waals surface area contributed by atoms with Crippen molar-refractivity contribution in [2.24, 2.45) is 0 Å².